The molecule has 2 aliphatic rings. The molecule has 1 saturated heterocycles. The Kier molecular flexibility index (Phi) is 5.17. The van der Waals surface area contributed by atoms with E-state index < -0.39 is 0 Å². The molecule has 0 aromatic heterocycles. The molecule has 0 spiro atoms. The smallest absolute Gasteiger partial charge is 0.193 e. The van der Waals surface area contributed by atoms with Crippen LogP contribution in [0, 0.1) is 5.41 Å². The molecule has 21 heavy (non-hydrogen) atoms. The summed E-state index contributed by atoms with van der Waals surface area (Å²) in [5, 5.41) is 3.62. The Bertz CT molecular complexity index is 498. The van der Waals surface area contributed by atoms with Crippen LogP contribution >= 0.6 is 24.0 Å². The highest BCUT2D eigenvalue weighted by molar-refractivity contribution is 14.0. The number of nitrogens with one attached hydrogen (secondary N) is 1. The van der Waals surface area contributed by atoms with Crippen LogP contribution in [0.4, 0.5) is 0 Å². The van der Waals surface area contributed by atoms with Crippen molar-refractivity contribution in [1.82, 2.24) is 10.2 Å². The quantitative estimate of drug-likeness (QED) is 0.469. The summed E-state index contributed by atoms with van der Waals surface area (Å²) in [5.74, 6) is 1.72. The summed E-state index contributed by atoms with van der Waals surface area (Å²) in [6.45, 7) is 6.81. The molecule has 116 valence electrons. The summed E-state index contributed by atoms with van der Waals surface area (Å²) in [7, 11) is 1.90. The van der Waals surface area contributed by atoms with Gasteiger partial charge in [-0.25, -0.2) is 0 Å². The van der Waals surface area contributed by atoms with Gasteiger partial charge in [0.05, 0.1) is 0 Å². The zero-order valence-electron chi connectivity index (χ0n) is 13.2. The Labute approximate surface area is 145 Å². The van der Waals surface area contributed by atoms with Gasteiger partial charge in [-0.3, -0.25) is 4.99 Å². The Morgan fingerprint density at radius 2 is 1.95 bits per heavy atom. The third-order valence-corrected chi connectivity index (χ3v) is 4.79. The lowest BCUT2D eigenvalue weighted by Crippen LogP contribution is -2.42. The lowest BCUT2D eigenvalue weighted by Gasteiger charge is -2.22. The molecule has 3 nitrogen and oxygen atoms in total. The average Bonchev–Trinajstić information content (AvgIpc) is 2.88. The molecule has 1 aliphatic carbocycles. The number of likely N-dealkylation sites (tertiary alicyclic amines) is 1. The number of guanidine groups is 1. The van der Waals surface area contributed by atoms with Crippen LogP contribution in [0.25, 0.3) is 0 Å². The van der Waals surface area contributed by atoms with E-state index in [1.165, 1.54) is 18.4 Å². The lowest BCUT2D eigenvalue weighted by atomic mass is 9.99. The summed E-state index contributed by atoms with van der Waals surface area (Å²) in [5.41, 5.74) is 1.89. The van der Waals surface area contributed by atoms with Crippen molar-refractivity contribution in [3.8, 4) is 0 Å². The standard InChI is InChI=1S/C17H25N3.HI/c1-17(2)11-15(17)19-16(18-3)20-10-9-14(12-20)13-7-5-4-6-8-13;/h4-8,14-15H,9-12H2,1-3H3,(H,18,19);1H. The van der Waals surface area contributed by atoms with Crippen LogP contribution in [0.1, 0.15) is 38.2 Å². The molecule has 1 N–H and O–H groups in total. The predicted molar refractivity (Wildman–Crippen MR) is 99.5 cm³/mol. The second-order valence-corrected chi connectivity index (χ2v) is 6.78. The van der Waals surface area contributed by atoms with Gasteiger partial charge in [-0.2, -0.15) is 0 Å². The first-order chi connectivity index (χ1) is 9.60. The van der Waals surface area contributed by atoms with Gasteiger partial charge in [0.25, 0.3) is 0 Å². The summed E-state index contributed by atoms with van der Waals surface area (Å²) in [6.07, 6.45) is 2.47. The Morgan fingerprint density at radius 1 is 1.29 bits per heavy atom. The maximum atomic E-state index is 4.48. The number of benzene rings is 1. The SMILES string of the molecule is CN=C(NC1CC1(C)C)N1CCC(c2ccccc2)C1.I. The summed E-state index contributed by atoms with van der Waals surface area (Å²) < 4.78 is 0. The van der Waals surface area contributed by atoms with E-state index in [0.29, 0.717) is 17.4 Å². The minimum Gasteiger partial charge on any atom is -0.353 e. The fourth-order valence-corrected chi connectivity index (χ4v) is 3.12. The third-order valence-electron chi connectivity index (χ3n) is 4.79. The van der Waals surface area contributed by atoms with Crippen LogP contribution in [0.15, 0.2) is 35.3 Å². The maximum absolute atomic E-state index is 4.48. The van der Waals surface area contributed by atoms with Gasteiger partial charge < -0.3 is 10.2 Å². The van der Waals surface area contributed by atoms with E-state index in [0.717, 1.165) is 19.0 Å². The minimum atomic E-state index is 0. The van der Waals surface area contributed by atoms with Gasteiger partial charge in [0.2, 0.25) is 0 Å². The first-order valence-corrected chi connectivity index (χ1v) is 7.63. The number of halogens is 1. The van der Waals surface area contributed by atoms with Crippen molar-refractivity contribution in [1.29, 1.82) is 0 Å². The van der Waals surface area contributed by atoms with E-state index in [9.17, 15) is 0 Å². The van der Waals surface area contributed by atoms with E-state index in [1.54, 1.807) is 0 Å². The van der Waals surface area contributed by atoms with Crippen LogP contribution in [0.2, 0.25) is 0 Å². The number of nitrogens with zero attached hydrogens (tertiary/aromatic N) is 2. The molecule has 3 rings (SSSR count). The molecule has 0 bridgehead atoms. The molecular formula is C17H26IN3. The maximum Gasteiger partial charge on any atom is 0.193 e. The van der Waals surface area contributed by atoms with Crippen molar-refractivity contribution in [2.45, 2.75) is 38.6 Å². The van der Waals surface area contributed by atoms with Gasteiger partial charge in [-0.15, -0.1) is 24.0 Å². The largest absolute Gasteiger partial charge is 0.353 e. The fourth-order valence-electron chi connectivity index (χ4n) is 3.12. The number of hydrogen-bond donors (Lipinski definition) is 1. The lowest BCUT2D eigenvalue weighted by molar-refractivity contribution is 0.475. The second-order valence-electron chi connectivity index (χ2n) is 6.78. The summed E-state index contributed by atoms with van der Waals surface area (Å²) in [4.78, 5) is 6.88. The Balaban J connectivity index is 0.00000161. The van der Waals surface area contributed by atoms with E-state index >= 15 is 0 Å². The van der Waals surface area contributed by atoms with Gasteiger partial charge >= 0.3 is 0 Å². The van der Waals surface area contributed by atoms with E-state index in [1.807, 2.05) is 7.05 Å². The van der Waals surface area contributed by atoms with Crippen molar-refractivity contribution in [2.24, 2.45) is 10.4 Å². The minimum absolute atomic E-state index is 0. The third kappa shape index (κ3) is 3.71. The van der Waals surface area contributed by atoms with E-state index in [4.69, 9.17) is 0 Å². The van der Waals surface area contributed by atoms with Crippen LogP contribution in [0.3, 0.4) is 0 Å². The summed E-state index contributed by atoms with van der Waals surface area (Å²) in [6, 6.07) is 11.4. The van der Waals surface area contributed by atoms with Crippen LogP contribution in [0.5, 0.6) is 0 Å². The molecule has 2 unspecified atom stereocenters. The van der Waals surface area contributed by atoms with Crippen LogP contribution < -0.4 is 5.32 Å². The molecule has 0 amide bonds. The number of aliphatic imine (C=N–C) groups is 1. The van der Waals surface area contributed by atoms with E-state index in [-0.39, 0.29) is 24.0 Å². The topological polar surface area (TPSA) is 27.6 Å². The highest BCUT2D eigenvalue weighted by Gasteiger charge is 2.46. The zero-order chi connectivity index (χ0) is 14.2. The highest BCUT2D eigenvalue weighted by atomic mass is 127. The van der Waals surface area contributed by atoms with Crippen LogP contribution in [-0.2, 0) is 0 Å². The molecule has 2 atom stereocenters. The predicted octanol–water partition coefficient (Wildman–Crippen LogP) is 3.47. The first-order valence-electron chi connectivity index (χ1n) is 7.63. The monoisotopic (exact) mass is 399 g/mol. The first kappa shape index (κ1) is 16.6. The summed E-state index contributed by atoms with van der Waals surface area (Å²) >= 11 is 0. The number of rotatable bonds is 2. The molecule has 1 aromatic rings. The van der Waals surface area contributed by atoms with Gasteiger partial charge in [-0.05, 0) is 23.8 Å². The molecule has 2 fully saturated rings. The van der Waals surface area contributed by atoms with Gasteiger partial charge in [-0.1, -0.05) is 44.2 Å². The normalized spacial score (nSPS) is 27.2. The Morgan fingerprint density at radius 3 is 2.52 bits per heavy atom. The van der Waals surface area contributed by atoms with Crippen molar-refractivity contribution in [2.75, 3.05) is 20.1 Å². The highest BCUT2D eigenvalue weighted by Crippen LogP contribution is 2.44. The molecule has 4 heteroatoms. The van der Waals surface area contributed by atoms with Crippen molar-refractivity contribution in [3.63, 3.8) is 0 Å². The molecule has 1 aromatic carbocycles. The molecule has 1 aliphatic heterocycles. The van der Waals surface area contributed by atoms with Crippen molar-refractivity contribution < 1.29 is 0 Å². The van der Waals surface area contributed by atoms with Gasteiger partial charge in [0.1, 0.15) is 0 Å². The van der Waals surface area contributed by atoms with Crippen LogP contribution in [-0.4, -0.2) is 37.0 Å². The zero-order valence-corrected chi connectivity index (χ0v) is 15.5. The van der Waals surface area contributed by atoms with Gasteiger partial charge in [0.15, 0.2) is 5.96 Å². The second kappa shape index (κ2) is 6.55. The average molecular weight is 399 g/mol. The number of hydrogen-bond acceptors (Lipinski definition) is 1. The van der Waals surface area contributed by atoms with Crippen molar-refractivity contribution in [3.05, 3.63) is 35.9 Å². The molecule has 0 radical (unpaired) electrons. The molecule has 1 saturated carbocycles. The fraction of sp³-hybridized carbons (Fsp3) is 0.588. The van der Waals surface area contributed by atoms with Crippen molar-refractivity contribution >= 4 is 29.9 Å². The van der Waals surface area contributed by atoms with Gasteiger partial charge in [0, 0.05) is 32.1 Å². The Hall–Kier alpha value is -0.780. The molecule has 1 heterocycles. The molecular weight excluding hydrogens is 373 g/mol. The van der Waals surface area contributed by atoms with E-state index in [2.05, 4.69) is 59.4 Å².